The molecule has 1 unspecified atom stereocenters. The summed E-state index contributed by atoms with van der Waals surface area (Å²) in [6.07, 6.45) is 4.99. The van der Waals surface area contributed by atoms with E-state index < -0.39 is 11.6 Å². The van der Waals surface area contributed by atoms with Crippen LogP contribution < -0.4 is 4.74 Å². The number of rotatable bonds is 6. The first kappa shape index (κ1) is 19.6. The van der Waals surface area contributed by atoms with E-state index in [-0.39, 0.29) is 5.56 Å². The molecule has 4 nitrogen and oxygen atoms in total. The molecule has 0 spiro atoms. The van der Waals surface area contributed by atoms with E-state index in [4.69, 9.17) is 4.74 Å². The Balaban J connectivity index is 1.82. The fraction of sp³-hybridized carbons (Fsp3) is 0.348. The molecule has 1 atom stereocenters. The summed E-state index contributed by atoms with van der Waals surface area (Å²) in [5, 5.41) is 0. The molecule has 1 aliphatic rings. The van der Waals surface area contributed by atoms with Gasteiger partial charge in [-0.05, 0) is 45.0 Å². The lowest BCUT2D eigenvalue weighted by Crippen LogP contribution is -2.26. The molecule has 0 saturated carbocycles. The molecular formula is C23H25F2N3O. The average Bonchev–Trinajstić information content (AvgIpc) is 3.34. The van der Waals surface area contributed by atoms with Crippen molar-refractivity contribution in [1.29, 1.82) is 0 Å². The van der Waals surface area contributed by atoms with Crippen LogP contribution in [0.15, 0.2) is 48.8 Å². The van der Waals surface area contributed by atoms with Gasteiger partial charge in [0.2, 0.25) is 0 Å². The van der Waals surface area contributed by atoms with E-state index in [1.54, 1.807) is 6.33 Å². The lowest BCUT2D eigenvalue weighted by molar-refractivity contribution is 0.286. The van der Waals surface area contributed by atoms with Crippen molar-refractivity contribution in [3.8, 4) is 28.3 Å². The molecule has 1 fully saturated rings. The zero-order valence-electron chi connectivity index (χ0n) is 16.7. The van der Waals surface area contributed by atoms with Crippen LogP contribution in [0.3, 0.4) is 0 Å². The second kappa shape index (κ2) is 8.33. The number of likely N-dealkylation sites (tertiary alicyclic amines) is 1. The quantitative estimate of drug-likeness (QED) is 0.587. The third-order valence-electron chi connectivity index (χ3n) is 5.77. The van der Waals surface area contributed by atoms with Gasteiger partial charge in [0.05, 0.1) is 30.4 Å². The zero-order valence-corrected chi connectivity index (χ0v) is 16.7. The molecule has 0 radical (unpaired) electrons. The van der Waals surface area contributed by atoms with Gasteiger partial charge in [-0.25, -0.2) is 13.8 Å². The number of aryl methyl sites for hydroxylation is 1. The Kier molecular flexibility index (Phi) is 5.62. The smallest absolute Gasteiger partial charge is 0.171 e. The topological polar surface area (TPSA) is 30.3 Å². The summed E-state index contributed by atoms with van der Waals surface area (Å²) in [5.74, 6) is -1.52. The number of imidazole rings is 1. The molecule has 2 aromatic carbocycles. The summed E-state index contributed by atoms with van der Waals surface area (Å²) < 4.78 is 36.5. The Bertz CT molecular complexity index is 987. The number of halogens is 2. The first-order valence-electron chi connectivity index (χ1n) is 9.93. The highest BCUT2D eigenvalue weighted by Crippen LogP contribution is 2.39. The molecule has 29 heavy (non-hydrogen) atoms. The minimum absolute atomic E-state index is 0.114. The fourth-order valence-corrected chi connectivity index (χ4v) is 4.18. The zero-order chi connectivity index (χ0) is 20.4. The van der Waals surface area contributed by atoms with E-state index in [9.17, 15) is 8.78 Å². The molecule has 3 aromatic rings. The normalized spacial score (nSPS) is 17.0. The highest BCUT2D eigenvalue weighted by molar-refractivity contribution is 5.82. The third-order valence-corrected chi connectivity index (χ3v) is 5.77. The van der Waals surface area contributed by atoms with Crippen LogP contribution in [0.25, 0.3) is 22.5 Å². The molecule has 152 valence electrons. The molecular weight excluding hydrogens is 372 g/mol. The van der Waals surface area contributed by atoms with Crippen LogP contribution >= 0.6 is 0 Å². The monoisotopic (exact) mass is 397 g/mol. The Labute approximate surface area is 169 Å². The Morgan fingerprint density at radius 3 is 2.62 bits per heavy atom. The second-order valence-electron chi connectivity index (χ2n) is 7.51. The van der Waals surface area contributed by atoms with Gasteiger partial charge in [0.15, 0.2) is 11.6 Å². The number of hydrogen-bond acceptors (Lipinski definition) is 3. The van der Waals surface area contributed by atoms with Crippen LogP contribution in [0, 0.1) is 11.6 Å². The summed E-state index contributed by atoms with van der Waals surface area (Å²) in [6, 6.07) is 12.6. The van der Waals surface area contributed by atoms with Gasteiger partial charge in [0.1, 0.15) is 5.75 Å². The number of benzene rings is 2. The van der Waals surface area contributed by atoms with Crippen molar-refractivity contribution in [2.45, 2.75) is 31.8 Å². The van der Waals surface area contributed by atoms with Crippen LogP contribution in [0.1, 0.15) is 19.3 Å². The van der Waals surface area contributed by atoms with E-state index in [1.807, 2.05) is 34.9 Å². The first-order valence-corrected chi connectivity index (χ1v) is 9.93. The van der Waals surface area contributed by atoms with Gasteiger partial charge >= 0.3 is 0 Å². The van der Waals surface area contributed by atoms with Gasteiger partial charge < -0.3 is 14.2 Å². The molecule has 1 aliphatic heterocycles. The minimum Gasteiger partial charge on any atom is -0.496 e. The SMILES string of the molecule is COc1ccc(F)c(F)c1-c1c(-c2ccccc2)ncn1CCC1CCCN1C. The van der Waals surface area contributed by atoms with Crippen LogP contribution in [-0.4, -0.2) is 41.2 Å². The highest BCUT2D eigenvalue weighted by atomic mass is 19.2. The van der Waals surface area contributed by atoms with Gasteiger partial charge in [-0.1, -0.05) is 30.3 Å². The van der Waals surface area contributed by atoms with Crippen LogP contribution in [0.4, 0.5) is 8.78 Å². The maximum absolute atomic E-state index is 15.0. The van der Waals surface area contributed by atoms with Gasteiger partial charge in [0.25, 0.3) is 0 Å². The summed E-state index contributed by atoms with van der Waals surface area (Å²) >= 11 is 0. The van der Waals surface area contributed by atoms with Gasteiger partial charge in [0, 0.05) is 18.2 Å². The Morgan fingerprint density at radius 2 is 1.93 bits per heavy atom. The van der Waals surface area contributed by atoms with Crippen molar-refractivity contribution in [2.24, 2.45) is 0 Å². The number of aromatic nitrogens is 2. The lowest BCUT2D eigenvalue weighted by atomic mass is 10.0. The largest absolute Gasteiger partial charge is 0.496 e. The van der Waals surface area contributed by atoms with Crippen LogP contribution in [0.2, 0.25) is 0 Å². The number of hydrogen-bond donors (Lipinski definition) is 0. The molecule has 1 saturated heterocycles. The second-order valence-corrected chi connectivity index (χ2v) is 7.51. The summed E-state index contributed by atoms with van der Waals surface area (Å²) in [4.78, 5) is 6.94. The molecule has 6 heteroatoms. The Morgan fingerprint density at radius 1 is 1.14 bits per heavy atom. The van der Waals surface area contributed by atoms with E-state index in [1.165, 1.54) is 19.6 Å². The number of methoxy groups -OCH3 is 1. The predicted octanol–water partition coefficient (Wildman–Crippen LogP) is 4.99. The lowest BCUT2D eigenvalue weighted by Gasteiger charge is -2.20. The van der Waals surface area contributed by atoms with E-state index >= 15 is 0 Å². The number of ether oxygens (including phenoxy) is 1. The molecule has 0 amide bonds. The summed E-state index contributed by atoms with van der Waals surface area (Å²) in [5.41, 5.74) is 2.13. The van der Waals surface area contributed by atoms with Gasteiger partial charge in [-0.15, -0.1) is 0 Å². The minimum atomic E-state index is -0.915. The van der Waals surface area contributed by atoms with Crippen molar-refractivity contribution in [2.75, 3.05) is 20.7 Å². The highest BCUT2D eigenvalue weighted by Gasteiger charge is 2.26. The first-order chi connectivity index (χ1) is 14.1. The van der Waals surface area contributed by atoms with Crippen molar-refractivity contribution in [1.82, 2.24) is 14.5 Å². The maximum atomic E-state index is 15.0. The average molecular weight is 397 g/mol. The maximum Gasteiger partial charge on any atom is 0.171 e. The third kappa shape index (κ3) is 3.77. The molecule has 0 bridgehead atoms. The van der Waals surface area contributed by atoms with Crippen molar-refractivity contribution < 1.29 is 13.5 Å². The Hall–Kier alpha value is -2.73. The van der Waals surface area contributed by atoms with Crippen LogP contribution in [-0.2, 0) is 6.54 Å². The van der Waals surface area contributed by atoms with E-state index in [2.05, 4.69) is 16.9 Å². The molecule has 0 N–H and O–H groups in total. The number of nitrogens with zero attached hydrogens (tertiary/aromatic N) is 3. The van der Waals surface area contributed by atoms with Gasteiger partial charge in [-0.2, -0.15) is 0 Å². The van der Waals surface area contributed by atoms with Crippen LogP contribution in [0.5, 0.6) is 5.75 Å². The van der Waals surface area contributed by atoms with Crippen molar-refractivity contribution >= 4 is 0 Å². The van der Waals surface area contributed by atoms with Gasteiger partial charge in [-0.3, -0.25) is 0 Å². The summed E-state index contributed by atoms with van der Waals surface area (Å²) in [6.45, 7) is 1.77. The molecule has 2 heterocycles. The summed E-state index contributed by atoms with van der Waals surface area (Å²) in [7, 11) is 3.60. The fourth-order valence-electron chi connectivity index (χ4n) is 4.18. The van der Waals surface area contributed by atoms with E-state index in [0.717, 1.165) is 31.0 Å². The molecule has 1 aromatic heterocycles. The predicted molar refractivity (Wildman–Crippen MR) is 110 cm³/mol. The standard InChI is InChI=1S/C23H25F2N3O/c1-27-13-6-9-17(27)12-14-28-15-26-22(16-7-4-3-5-8-16)23(28)20-19(29-2)11-10-18(24)21(20)25/h3-5,7-8,10-11,15,17H,6,9,12-14H2,1-2H3. The molecule has 0 aliphatic carbocycles. The van der Waals surface area contributed by atoms with E-state index in [0.29, 0.717) is 29.7 Å². The molecule has 4 rings (SSSR count). The van der Waals surface area contributed by atoms with Crippen molar-refractivity contribution in [3.63, 3.8) is 0 Å². The van der Waals surface area contributed by atoms with Crippen molar-refractivity contribution in [3.05, 3.63) is 60.4 Å².